The smallest absolute Gasteiger partial charge is 0.229 e. The standard InChI is InChI=1S/C15H17NO2/c1-15(2)11-10-8-18-14(9-6-4-3-5-7-9)16(10)13(17)12(11)15/h3-7,10-12,14H,8H2,1-2H3/t10?,11-,12-,14?/m1/s1. The number of piperidine rings is 1. The molecule has 4 rings (SSSR count). The Kier molecular flexibility index (Phi) is 1.85. The second-order valence-corrected chi connectivity index (χ2v) is 6.23. The van der Waals surface area contributed by atoms with Crippen molar-refractivity contribution in [2.75, 3.05) is 6.61 Å². The molecule has 2 heterocycles. The van der Waals surface area contributed by atoms with Gasteiger partial charge in [0.25, 0.3) is 0 Å². The molecule has 0 aromatic heterocycles. The van der Waals surface area contributed by atoms with Gasteiger partial charge < -0.3 is 9.64 Å². The van der Waals surface area contributed by atoms with Crippen LogP contribution in [-0.2, 0) is 9.53 Å². The number of nitrogens with zero attached hydrogens (tertiary/aromatic N) is 1. The minimum Gasteiger partial charge on any atom is -0.352 e. The maximum absolute atomic E-state index is 12.5. The van der Waals surface area contributed by atoms with Crippen LogP contribution in [0.1, 0.15) is 25.6 Å². The van der Waals surface area contributed by atoms with Crippen LogP contribution < -0.4 is 0 Å². The molecule has 3 aliphatic rings. The highest BCUT2D eigenvalue weighted by atomic mass is 16.5. The fraction of sp³-hybridized carbons (Fsp3) is 0.533. The Balaban J connectivity index is 1.67. The zero-order valence-electron chi connectivity index (χ0n) is 10.7. The highest BCUT2D eigenvalue weighted by Crippen LogP contribution is 2.67. The number of ether oxygens (including phenoxy) is 1. The van der Waals surface area contributed by atoms with Crippen molar-refractivity contribution in [3.8, 4) is 0 Å². The van der Waals surface area contributed by atoms with E-state index in [4.69, 9.17) is 4.74 Å². The maximum Gasteiger partial charge on any atom is 0.229 e. The van der Waals surface area contributed by atoms with E-state index in [0.717, 1.165) is 5.56 Å². The normalized spacial score (nSPS) is 39.7. The van der Waals surface area contributed by atoms with Crippen LogP contribution in [-0.4, -0.2) is 23.5 Å². The third kappa shape index (κ3) is 1.11. The first-order valence-electron chi connectivity index (χ1n) is 6.61. The van der Waals surface area contributed by atoms with E-state index in [2.05, 4.69) is 13.8 Å². The molecular formula is C15H17NO2. The molecule has 2 saturated heterocycles. The van der Waals surface area contributed by atoms with Gasteiger partial charge in [-0.15, -0.1) is 0 Å². The third-order valence-corrected chi connectivity index (χ3v) is 4.97. The van der Waals surface area contributed by atoms with E-state index in [1.807, 2.05) is 35.2 Å². The van der Waals surface area contributed by atoms with E-state index in [9.17, 15) is 4.79 Å². The fourth-order valence-electron chi connectivity index (χ4n) is 3.98. The largest absolute Gasteiger partial charge is 0.352 e. The molecule has 1 amide bonds. The molecule has 2 aliphatic heterocycles. The van der Waals surface area contributed by atoms with Crippen LogP contribution in [0.3, 0.4) is 0 Å². The van der Waals surface area contributed by atoms with Crippen LogP contribution in [0.4, 0.5) is 0 Å². The summed E-state index contributed by atoms with van der Waals surface area (Å²) in [5.74, 6) is 1.03. The number of hydrogen-bond acceptors (Lipinski definition) is 2. The van der Waals surface area contributed by atoms with Gasteiger partial charge in [-0.05, 0) is 11.3 Å². The van der Waals surface area contributed by atoms with Crippen molar-refractivity contribution >= 4 is 5.91 Å². The molecule has 0 N–H and O–H groups in total. The van der Waals surface area contributed by atoms with Crippen LogP contribution in [0.25, 0.3) is 0 Å². The lowest BCUT2D eigenvalue weighted by Crippen LogP contribution is -2.37. The highest BCUT2D eigenvalue weighted by molar-refractivity contribution is 5.87. The monoisotopic (exact) mass is 243 g/mol. The van der Waals surface area contributed by atoms with Crippen molar-refractivity contribution in [2.24, 2.45) is 17.3 Å². The molecule has 1 aromatic carbocycles. The molecular weight excluding hydrogens is 226 g/mol. The van der Waals surface area contributed by atoms with Crippen molar-refractivity contribution in [1.29, 1.82) is 0 Å². The van der Waals surface area contributed by atoms with Gasteiger partial charge >= 0.3 is 0 Å². The van der Waals surface area contributed by atoms with Crippen molar-refractivity contribution in [2.45, 2.75) is 26.1 Å². The topological polar surface area (TPSA) is 29.5 Å². The molecule has 2 unspecified atom stereocenters. The number of amides is 1. The molecule has 1 saturated carbocycles. The van der Waals surface area contributed by atoms with Gasteiger partial charge in [0.15, 0.2) is 6.23 Å². The predicted molar refractivity (Wildman–Crippen MR) is 66.5 cm³/mol. The summed E-state index contributed by atoms with van der Waals surface area (Å²) in [6.45, 7) is 5.09. The number of fused-ring (bicyclic) bond motifs is 3. The summed E-state index contributed by atoms with van der Waals surface area (Å²) in [6, 6.07) is 10.4. The van der Waals surface area contributed by atoms with Crippen LogP contribution >= 0.6 is 0 Å². The van der Waals surface area contributed by atoms with E-state index in [1.54, 1.807) is 0 Å². The second-order valence-electron chi connectivity index (χ2n) is 6.23. The predicted octanol–water partition coefficient (Wildman–Crippen LogP) is 2.20. The lowest BCUT2D eigenvalue weighted by atomic mass is 10.0. The Hall–Kier alpha value is -1.35. The van der Waals surface area contributed by atoms with Crippen molar-refractivity contribution in [3.05, 3.63) is 35.9 Å². The number of benzene rings is 1. The third-order valence-electron chi connectivity index (χ3n) is 4.97. The van der Waals surface area contributed by atoms with Gasteiger partial charge in [0, 0.05) is 11.5 Å². The average molecular weight is 243 g/mol. The summed E-state index contributed by atoms with van der Waals surface area (Å²) < 4.78 is 5.87. The van der Waals surface area contributed by atoms with E-state index in [-0.39, 0.29) is 17.6 Å². The Morgan fingerprint density at radius 3 is 2.72 bits per heavy atom. The summed E-state index contributed by atoms with van der Waals surface area (Å²) >= 11 is 0. The number of carbonyl (C=O) groups excluding carboxylic acids is 1. The molecule has 4 atom stereocenters. The van der Waals surface area contributed by atoms with Crippen LogP contribution in [0, 0.1) is 17.3 Å². The molecule has 94 valence electrons. The summed E-state index contributed by atoms with van der Waals surface area (Å²) in [7, 11) is 0. The minimum absolute atomic E-state index is 0.160. The first-order chi connectivity index (χ1) is 8.62. The van der Waals surface area contributed by atoms with Crippen molar-refractivity contribution in [3.63, 3.8) is 0 Å². The molecule has 0 radical (unpaired) electrons. The Bertz CT molecular complexity index is 510. The quantitative estimate of drug-likeness (QED) is 0.756. The first-order valence-corrected chi connectivity index (χ1v) is 6.61. The second kappa shape index (κ2) is 3.15. The van der Waals surface area contributed by atoms with Gasteiger partial charge in [0.05, 0.1) is 12.6 Å². The maximum atomic E-state index is 12.5. The van der Waals surface area contributed by atoms with Gasteiger partial charge in [-0.1, -0.05) is 44.2 Å². The number of rotatable bonds is 1. The van der Waals surface area contributed by atoms with E-state index in [1.165, 1.54) is 0 Å². The molecule has 3 nitrogen and oxygen atoms in total. The Labute approximate surface area is 107 Å². The molecule has 1 aromatic rings. The van der Waals surface area contributed by atoms with Gasteiger partial charge in [0.1, 0.15) is 0 Å². The first kappa shape index (κ1) is 10.6. The van der Waals surface area contributed by atoms with E-state index >= 15 is 0 Å². The zero-order valence-corrected chi connectivity index (χ0v) is 10.7. The molecule has 3 fully saturated rings. The molecule has 18 heavy (non-hydrogen) atoms. The SMILES string of the molecule is CC1(C)[C@@H]2C3COC(c4ccccc4)N3C(=O)[C@@H]21. The number of carbonyl (C=O) groups is 1. The summed E-state index contributed by atoms with van der Waals surface area (Å²) in [4.78, 5) is 14.5. The van der Waals surface area contributed by atoms with Crippen molar-refractivity contribution in [1.82, 2.24) is 4.90 Å². The van der Waals surface area contributed by atoms with Gasteiger partial charge in [0.2, 0.25) is 5.91 Å². The van der Waals surface area contributed by atoms with Gasteiger partial charge in [-0.25, -0.2) is 0 Å². The fourth-order valence-corrected chi connectivity index (χ4v) is 3.98. The lowest BCUT2D eigenvalue weighted by Gasteiger charge is -2.27. The molecule has 3 heteroatoms. The summed E-state index contributed by atoms with van der Waals surface area (Å²) in [6.07, 6.45) is -0.160. The summed E-state index contributed by atoms with van der Waals surface area (Å²) in [5.41, 5.74) is 1.28. The van der Waals surface area contributed by atoms with Gasteiger partial charge in [-0.2, -0.15) is 0 Å². The van der Waals surface area contributed by atoms with Crippen LogP contribution in [0.5, 0.6) is 0 Å². The zero-order chi connectivity index (χ0) is 12.5. The minimum atomic E-state index is -0.160. The lowest BCUT2D eigenvalue weighted by molar-refractivity contribution is -0.137. The average Bonchev–Trinajstić information content (AvgIpc) is 2.70. The molecule has 0 spiro atoms. The van der Waals surface area contributed by atoms with E-state index in [0.29, 0.717) is 24.5 Å². The number of hydrogen-bond donors (Lipinski definition) is 0. The van der Waals surface area contributed by atoms with Crippen molar-refractivity contribution < 1.29 is 9.53 Å². The Morgan fingerprint density at radius 1 is 1.28 bits per heavy atom. The molecule has 1 aliphatic carbocycles. The van der Waals surface area contributed by atoms with Crippen LogP contribution in [0.15, 0.2) is 30.3 Å². The van der Waals surface area contributed by atoms with Gasteiger partial charge in [-0.3, -0.25) is 4.79 Å². The molecule has 0 bridgehead atoms. The Morgan fingerprint density at radius 2 is 2.00 bits per heavy atom. The highest BCUT2D eigenvalue weighted by Gasteiger charge is 2.73. The van der Waals surface area contributed by atoms with E-state index < -0.39 is 0 Å². The summed E-state index contributed by atoms with van der Waals surface area (Å²) in [5, 5.41) is 0. The van der Waals surface area contributed by atoms with Crippen LogP contribution in [0.2, 0.25) is 0 Å².